The van der Waals surface area contributed by atoms with Gasteiger partial charge in [-0.25, -0.2) is 0 Å². The van der Waals surface area contributed by atoms with Gasteiger partial charge in [-0.05, 0) is 19.3 Å². The van der Waals surface area contributed by atoms with Crippen molar-refractivity contribution in [2.24, 2.45) is 0 Å². The Morgan fingerprint density at radius 3 is 1.50 bits per heavy atom. The number of nitrogens with one attached hydrogen (secondary N) is 1. The standard InChI is InChI=1S/C31H61NO5S/c1-3-5-7-9-11-13-15-17-19-21-23-25-27-31(34)32-29(28-38(35,36)37)30(33)26-24-22-20-18-16-14-12-10-8-6-4-2/h24,26,29-30,33H,3-23,25,27-28H2,1-2H3,(H,32,34)(H,35,36,37)/b26-24+. The minimum absolute atomic E-state index is 0.280. The summed E-state index contributed by atoms with van der Waals surface area (Å²) in [5, 5.41) is 13.1. The SMILES string of the molecule is CCCCCCCCCCC/C=C/C(O)C(CS(=O)(=O)O)NC(=O)CCCCCCCCCCCCCC. The molecule has 0 rings (SSSR count). The van der Waals surface area contributed by atoms with Crippen LogP contribution in [-0.4, -0.2) is 41.9 Å². The highest BCUT2D eigenvalue weighted by atomic mass is 32.2. The summed E-state index contributed by atoms with van der Waals surface area (Å²) in [4.78, 5) is 12.4. The highest BCUT2D eigenvalue weighted by Gasteiger charge is 2.24. The van der Waals surface area contributed by atoms with Crippen LogP contribution in [0.3, 0.4) is 0 Å². The van der Waals surface area contributed by atoms with Crippen LogP contribution < -0.4 is 5.32 Å². The Kier molecular flexibility index (Phi) is 25.7. The third-order valence-electron chi connectivity index (χ3n) is 7.21. The first-order chi connectivity index (χ1) is 18.3. The number of allylic oxidation sites excluding steroid dienone is 1. The Morgan fingerprint density at radius 1 is 0.684 bits per heavy atom. The van der Waals surface area contributed by atoms with Crippen molar-refractivity contribution >= 4 is 16.0 Å². The first-order valence-corrected chi connectivity index (χ1v) is 17.5. The van der Waals surface area contributed by atoms with Crippen molar-refractivity contribution in [2.75, 3.05) is 5.75 Å². The maximum absolute atomic E-state index is 12.4. The molecule has 0 aliphatic carbocycles. The average molecular weight is 560 g/mol. The quantitative estimate of drug-likeness (QED) is 0.0508. The molecule has 0 aromatic heterocycles. The molecule has 38 heavy (non-hydrogen) atoms. The van der Waals surface area contributed by atoms with E-state index in [0.29, 0.717) is 6.42 Å². The summed E-state index contributed by atoms with van der Waals surface area (Å²) in [7, 11) is -4.32. The van der Waals surface area contributed by atoms with Gasteiger partial charge in [-0.15, -0.1) is 0 Å². The molecule has 0 radical (unpaired) electrons. The maximum atomic E-state index is 12.4. The molecular weight excluding hydrogens is 498 g/mol. The molecule has 226 valence electrons. The zero-order chi connectivity index (χ0) is 28.3. The predicted octanol–water partition coefficient (Wildman–Crippen LogP) is 8.29. The van der Waals surface area contributed by atoms with E-state index in [-0.39, 0.29) is 5.91 Å². The molecule has 0 aliphatic heterocycles. The lowest BCUT2D eigenvalue weighted by Crippen LogP contribution is -2.46. The normalized spacial score (nSPS) is 13.7. The molecule has 0 saturated heterocycles. The van der Waals surface area contributed by atoms with Crippen molar-refractivity contribution < 1.29 is 22.9 Å². The molecule has 1 amide bonds. The molecule has 0 aromatic carbocycles. The van der Waals surface area contributed by atoms with Crippen LogP contribution >= 0.6 is 0 Å². The van der Waals surface area contributed by atoms with E-state index in [1.807, 2.05) is 6.08 Å². The van der Waals surface area contributed by atoms with Gasteiger partial charge in [-0.2, -0.15) is 8.42 Å². The highest BCUT2D eigenvalue weighted by molar-refractivity contribution is 7.85. The molecule has 0 aromatic rings. The first-order valence-electron chi connectivity index (χ1n) is 15.9. The molecule has 0 heterocycles. The largest absolute Gasteiger partial charge is 0.387 e. The monoisotopic (exact) mass is 559 g/mol. The van der Waals surface area contributed by atoms with Gasteiger partial charge in [0.2, 0.25) is 5.91 Å². The van der Waals surface area contributed by atoms with Gasteiger partial charge in [0, 0.05) is 6.42 Å². The van der Waals surface area contributed by atoms with Crippen LogP contribution in [0.5, 0.6) is 0 Å². The number of carbonyl (C=O) groups is 1. The lowest BCUT2D eigenvalue weighted by molar-refractivity contribution is -0.122. The molecule has 3 N–H and O–H groups in total. The topological polar surface area (TPSA) is 104 Å². The van der Waals surface area contributed by atoms with Crippen molar-refractivity contribution in [2.45, 2.75) is 174 Å². The number of hydrogen-bond donors (Lipinski definition) is 3. The molecule has 0 aliphatic rings. The molecule has 0 saturated carbocycles. The summed E-state index contributed by atoms with van der Waals surface area (Å²) in [5.74, 6) is -0.974. The maximum Gasteiger partial charge on any atom is 0.267 e. The first kappa shape index (κ1) is 37.1. The molecule has 0 spiro atoms. The van der Waals surface area contributed by atoms with Crippen LogP contribution in [0.25, 0.3) is 0 Å². The molecule has 6 nitrogen and oxygen atoms in total. The van der Waals surface area contributed by atoms with Crippen LogP contribution in [0.15, 0.2) is 12.2 Å². The van der Waals surface area contributed by atoms with Gasteiger partial charge < -0.3 is 10.4 Å². The van der Waals surface area contributed by atoms with E-state index in [1.54, 1.807) is 6.08 Å². The van der Waals surface area contributed by atoms with Gasteiger partial charge in [0.25, 0.3) is 10.1 Å². The second-order valence-electron chi connectivity index (χ2n) is 11.1. The number of unbranched alkanes of at least 4 members (excludes halogenated alkanes) is 20. The Hall–Kier alpha value is -0.920. The Labute approximate surface area is 235 Å². The van der Waals surface area contributed by atoms with Gasteiger partial charge in [-0.3, -0.25) is 9.35 Å². The second kappa shape index (κ2) is 26.3. The summed E-state index contributed by atoms with van der Waals surface area (Å²) in [6.45, 7) is 4.46. The molecule has 2 atom stereocenters. The molecule has 0 fully saturated rings. The summed E-state index contributed by atoms with van der Waals surface area (Å²) in [6, 6.07) is -1.05. The van der Waals surface area contributed by atoms with Crippen molar-refractivity contribution in [3.8, 4) is 0 Å². The number of aliphatic hydroxyl groups excluding tert-OH is 1. The zero-order valence-electron chi connectivity index (χ0n) is 24.8. The summed E-state index contributed by atoms with van der Waals surface area (Å²) in [5.41, 5.74) is 0. The van der Waals surface area contributed by atoms with Crippen LogP contribution in [0.1, 0.15) is 162 Å². The number of rotatable bonds is 28. The molecule has 7 heteroatoms. The van der Waals surface area contributed by atoms with Crippen molar-refractivity contribution in [1.82, 2.24) is 5.32 Å². The van der Waals surface area contributed by atoms with E-state index in [2.05, 4.69) is 19.2 Å². The predicted molar refractivity (Wildman–Crippen MR) is 161 cm³/mol. The van der Waals surface area contributed by atoms with Crippen LogP contribution in [0, 0.1) is 0 Å². The molecular formula is C31H61NO5S. The van der Waals surface area contributed by atoms with Gasteiger partial charge in [0.15, 0.2) is 0 Å². The van der Waals surface area contributed by atoms with Crippen LogP contribution in [0.2, 0.25) is 0 Å². The molecule has 2 unspecified atom stereocenters. The van der Waals surface area contributed by atoms with Gasteiger partial charge in [0.1, 0.15) is 0 Å². The highest BCUT2D eigenvalue weighted by Crippen LogP contribution is 2.13. The minimum Gasteiger partial charge on any atom is -0.387 e. The zero-order valence-corrected chi connectivity index (χ0v) is 25.6. The number of amides is 1. The van der Waals surface area contributed by atoms with E-state index < -0.39 is 28.0 Å². The number of aliphatic hydroxyl groups is 1. The molecule has 0 bridgehead atoms. The fourth-order valence-electron chi connectivity index (χ4n) is 4.80. The summed E-state index contributed by atoms with van der Waals surface area (Å²) < 4.78 is 32.1. The number of carbonyl (C=O) groups excluding carboxylic acids is 1. The average Bonchev–Trinajstić information content (AvgIpc) is 2.86. The van der Waals surface area contributed by atoms with Gasteiger partial charge >= 0.3 is 0 Å². The van der Waals surface area contributed by atoms with E-state index in [1.165, 1.54) is 103 Å². The fraction of sp³-hybridized carbons (Fsp3) is 0.903. The second-order valence-corrected chi connectivity index (χ2v) is 12.6. The lowest BCUT2D eigenvalue weighted by Gasteiger charge is -2.21. The van der Waals surface area contributed by atoms with Crippen molar-refractivity contribution in [3.63, 3.8) is 0 Å². The third-order valence-corrected chi connectivity index (χ3v) is 7.99. The van der Waals surface area contributed by atoms with E-state index >= 15 is 0 Å². The summed E-state index contributed by atoms with van der Waals surface area (Å²) >= 11 is 0. The number of hydrogen-bond acceptors (Lipinski definition) is 4. The van der Waals surface area contributed by atoms with Crippen molar-refractivity contribution in [3.05, 3.63) is 12.2 Å². The third kappa shape index (κ3) is 26.7. The Morgan fingerprint density at radius 2 is 1.08 bits per heavy atom. The summed E-state index contributed by atoms with van der Waals surface area (Å²) in [6.07, 6.45) is 29.0. The van der Waals surface area contributed by atoms with E-state index in [4.69, 9.17) is 0 Å². The van der Waals surface area contributed by atoms with Gasteiger partial charge in [-0.1, -0.05) is 148 Å². The fourth-order valence-corrected chi connectivity index (χ4v) is 5.53. The minimum atomic E-state index is -4.32. The lowest BCUT2D eigenvalue weighted by atomic mass is 10.0. The van der Waals surface area contributed by atoms with E-state index in [0.717, 1.165) is 38.5 Å². The van der Waals surface area contributed by atoms with Crippen molar-refractivity contribution in [1.29, 1.82) is 0 Å². The van der Waals surface area contributed by atoms with E-state index in [9.17, 15) is 22.9 Å². The van der Waals surface area contributed by atoms with Crippen LogP contribution in [-0.2, 0) is 14.9 Å². The smallest absolute Gasteiger partial charge is 0.267 e. The van der Waals surface area contributed by atoms with Gasteiger partial charge in [0.05, 0.1) is 17.9 Å². The Bertz CT molecular complexity index is 665. The Balaban J connectivity index is 4.07. The van der Waals surface area contributed by atoms with Crippen LogP contribution in [0.4, 0.5) is 0 Å².